The van der Waals surface area contributed by atoms with Crippen LogP contribution in [0.1, 0.15) is 77.2 Å². The number of aryl methyl sites for hydroxylation is 1. The van der Waals surface area contributed by atoms with E-state index in [2.05, 4.69) is 45.0 Å². The summed E-state index contributed by atoms with van der Waals surface area (Å²) in [5, 5.41) is 0.411. The standard InChI is InChI=1S/C14H20O.C11H14ClFO/c1-14(2,3)15-13-10-6-8-11-7-4-5-9-12(11)13;1-11(2,3)14-7-8-9(12)5-4-6-10(8)13/h4-5,7,9,13H,6,8,10H2,1-3H3;4-6H,7H2,1-3H3/t13-;/m1./s1. The minimum Gasteiger partial charge on any atom is -0.371 e. The van der Waals surface area contributed by atoms with Gasteiger partial charge in [0.05, 0.1) is 23.9 Å². The van der Waals surface area contributed by atoms with Crippen LogP contribution < -0.4 is 0 Å². The van der Waals surface area contributed by atoms with Crippen LogP contribution >= 0.6 is 11.6 Å². The number of halogens is 2. The monoisotopic (exact) mass is 420 g/mol. The molecule has 0 saturated carbocycles. The Hall–Kier alpha value is -1.42. The van der Waals surface area contributed by atoms with E-state index < -0.39 is 0 Å². The second kappa shape index (κ2) is 10.1. The van der Waals surface area contributed by atoms with Crippen LogP contribution in [0.3, 0.4) is 0 Å². The average molecular weight is 421 g/mol. The molecular formula is C25H34ClFO2. The summed E-state index contributed by atoms with van der Waals surface area (Å²) in [6, 6.07) is 13.3. The van der Waals surface area contributed by atoms with Crippen molar-refractivity contribution in [3.63, 3.8) is 0 Å². The maximum Gasteiger partial charge on any atom is 0.130 e. The van der Waals surface area contributed by atoms with Crippen molar-refractivity contribution in [2.75, 3.05) is 0 Å². The van der Waals surface area contributed by atoms with E-state index in [0.717, 1.165) is 6.42 Å². The van der Waals surface area contributed by atoms with Crippen LogP contribution in [0.5, 0.6) is 0 Å². The number of ether oxygens (including phenoxy) is 2. The van der Waals surface area contributed by atoms with Gasteiger partial charge in [0.1, 0.15) is 5.82 Å². The molecule has 0 heterocycles. The summed E-state index contributed by atoms with van der Waals surface area (Å²) >= 11 is 5.84. The fourth-order valence-corrected chi connectivity index (χ4v) is 3.44. The maximum atomic E-state index is 13.3. The molecule has 1 aliphatic rings. The number of hydrogen-bond donors (Lipinski definition) is 0. The van der Waals surface area contributed by atoms with Gasteiger partial charge in [0.25, 0.3) is 0 Å². The molecule has 0 unspecified atom stereocenters. The molecule has 1 atom stereocenters. The molecule has 160 valence electrons. The van der Waals surface area contributed by atoms with Gasteiger partial charge >= 0.3 is 0 Å². The Morgan fingerprint density at radius 3 is 2.28 bits per heavy atom. The Morgan fingerprint density at radius 2 is 1.66 bits per heavy atom. The van der Waals surface area contributed by atoms with Crippen molar-refractivity contribution in [2.45, 2.75) is 84.7 Å². The summed E-state index contributed by atoms with van der Waals surface area (Å²) in [4.78, 5) is 0. The lowest BCUT2D eigenvalue weighted by Gasteiger charge is -2.32. The first-order valence-corrected chi connectivity index (χ1v) is 10.7. The number of rotatable bonds is 3. The molecule has 0 bridgehead atoms. The van der Waals surface area contributed by atoms with Crippen molar-refractivity contribution in [3.05, 3.63) is 70.0 Å². The fraction of sp³-hybridized carbons (Fsp3) is 0.520. The second-order valence-electron chi connectivity index (χ2n) is 9.41. The van der Waals surface area contributed by atoms with Gasteiger partial charge in [0.15, 0.2) is 0 Å². The molecule has 1 aliphatic carbocycles. The Morgan fingerprint density at radius 1 is 0.966 bits per heavy atom. The van der Waals surface area contributed by atoms with E-state index in [1.54, 1.807) is 12.1 Å². The van der Waals surface area contributed by atoms with Crippen molar-refractivity contribution in [1.29, 1.82) is 0 Å². The highest BCUT2D eigenvalue weighted by Gasteiger charge is 2.24. The number of fused-ring (bicyclic) bond motifs is 1. The molecule has 4 heteroatoms. The van der Waals surface area contributed by atoms with Gasteiger partial charge in [-0.1, -0.05) is 41.9 Å². The number of hydrogen-bond acceptors (Lipinski definition) is 2. The first-order valence-electron chi connectivity index (χ1n) is 10.3. The van der Waals surface area contributed by atoms with Gasteiger partial charge in [-0.2, -0.15) is 0 Å². The lowest BCUT2D eigenvalue weighted by atomic mass is 9.89. The Kier molecular flexibility index (Phi) is 8.28. The van der Waals surface area contributed by atoms with Gasteiger partial charge in [-0.15, -0.1) is 0 Å². The zero-order valence-electron chi connectivity index (χ0n) is 18.5. The van der Waals surface area contributed by atoms with Crippen molar-refractivity contribution < 1.29 is 13.9 Å². The molecule has 0 spiro atoms. The van der Waals surface area contributed by atoms with Crippen LogP contribution in [0, 0.1) is 5.82 Å². The summed E-state index contributed by atoms with van der Waals surface area (Å²) in [6.07, 6.45) is 3.92. The van der Waals surface area contributed by atoms with Crippen LogP contribution in [0.2, 0.25) is 5.02 Å². The van der Waals surface area contributed by atoms with E-state index in [1.165, 1.54) is 30.0 Å². The summed E-state index contributed by atoms with van der Waals surface area (Å²) in [6.45, 7) is 12.3. The quantitative estimate of drug-likeness (QED) is 0.507. The summed E-state index contributed by atoms with van der Waals surface area (Å²) in [5.74, 6) is -0.318. The zero-order valence-corrected chi connectivity index (χ0v) is 19.3. The smallest absolute Gasteiger partial charge is 0.130 e. The van der Waals surface area contributed by atoms with Crippen LogP contribution in [0.15, 0.2) is 42.5 Å². The predicted molar refractivity (Wildman–Crippen MR) is 119 cm³/mol. The number of benzene rings is 2. The van der Waals surface area contributed by atoms with Gasteiger partial charge in [0.2, 0.25) is 0 Å². The van der Waals surface area contributed by atoms with Crippen LogP contribution in [-0.2, 0) is 22.5 Å². The molecule has 0 saturated heterocycles. The molecule has 0 aliphatic heterocycles. The Labute approximate surface area is 180 Å². The fourth-order valence-electron chi connectivity index (χ4n) is 3.22. The van der Waals surface area contributed by atoms with Gasteiger partial charge in [-0.3, -0.25) is 0 Å². The third kappa shape index (κ3) is 8.08. The highest BCUT2D eigenvalue weighted by molar-refractivity contribution is 6.31. The van der Waals surface area contributed by atoms with E-state index in [1.807, 2.05) is 20.8 Å². The third-order valence-corrected chi connectivity index (χ3v) is 4.88. The minimum absolute atomic E-state index is 0.0465. The van der Waals surface area contributed by atoms with Crippen molar-refractivity contribution in [3.8, 4) is 0 Å². The average Bonchev–Trinajstić information content (AvgIpc) is 2.60. The van der Waals surface area contributed by atoms with E-state index in [9.17, 15) is 4.39 Å². The molecule has 0 fully saturated rings. The summed E-state index contributed by atoms with van der Waals surface area (Å²) in [5.41, 5.74) is 2.96. The highest BCUT2D eigenvalue weighted by Crippen LogP contribution is 2.35. The molecule has 2 nitrogen and oxygen atoms in total. The first-order chi connectivity index (χ1) is 13.5. The SMILES string of the molecule is CC(C)(C)OCc1c(F)cccc1Cl.CC(C)(C)O[C@@H]1CCCc2ccccc21. The van der Waals surface area contributed by atoms with E-state index in [0.29, 0.717) is 16.7 Å². The van der Waals surface area contributed by atoms with Gasteiger partial charge in [-0.05, 0) is 84.1 Å². The zero-order chi connectivity index (χ0) is 21.7. The Bertz CT molecular complexity index is 770. The third-order valence-electron chi connectivity index (χ3n) is 4.52. The largest absolute Gasteiger partial charge is 0.371 e. The highest BCUT2D eigenvalue weighted by atomic mass is 35.5. The van der Waals surface area contributed by atoms with Crippen molar-refractivity contribution in [1.82, 2.24) is 0 Å². The molecule has 29 heavy (non-hydrogen) atoms. The van der Waals surface area contributed by atoms with Crippen molar-refractivity contribution >= 4 is 11.6 Å². The molecule has 0 N–H and O–H groups in total. The normalized spacial score (nSPS) is 16.6. The lowest BCUT2D eigenvalue weighted by molar-refractivity contribution is -0.0683. The molecular weight excluding hydrogens is 387 g/mol. The van der Waals surface area contributed by atoms with Crippen LogP contribution in [-0.4, -0.2) is 11.2 Å². The first kappa shape index (κ1) is 23.9. The lowest BCUT2D eigenvalue weighted by Crippen LogP contribution is -2.25. The van der Waals surface area contributed by atoms with E-state index in [-0.39, 0.29) is 23.6 Å². The molecule has 2 aromatic carbocycles. The van der Waals surface area contributed by atoms with Gasteiger partial charge in [-0.25, -0.2) is 4.39 Å². The van der Waals surface area contributed by atoms with Crippen molar-refractivity contribution in [2.24, 2.45) is 0 Å². The van der Waals surface area contributed by atoms with E-state index in [4.69, 9.17) is 21.1 Å². The topological polar surface area (TPSA) is 18.5 Å². The summed E-state index contributed by atoms with van der Waals surface area (Å²) in [7, 11) is 0. The van der Waals surface area contributed by atoms with Gasteiger partial charge in [0, 0.05) is 10.6 Å². The summed E-state index contributed by atoms with van der Waals surface area (Å²) < 4.78 is 24.8. The molecule has 0 amide bonds. The molecule has 0 radical (unpaired) electrons. The molecule has 2 aromatic rings. The second-order valence-corrected chi connectivity index (χ2v) is 9.82. The predicted octanol–water partition coefficient (Wildman–Crippen LogP) is 7.67. The molecule has 3 rings (SSSR count). The molecule has 0 aromatic heterocycles. The Balaban J connectivity index is 0.000000208. The van der Waals surface area contributed by atoms with E-state index >= 15 is 0 Å². The van der Waals surface area contributed by atoms with Gasteiger partial charge < -0.3 is 9.47 Å². The van der Waals surface area contributed by atoms with Crippen LogP contribution in [0.4, 0.5) is 4.39 Å². The minimum atomic E-state index is -0.318. The van der Waals surface area contributed by atoms with Crippen LogP contribution in [0.25, 0.3) is 0 Å². The maximum absolute atomic E-state index is 13.3.